The minimum absolute atomic E-state index is 0.0175. The molecule has 0 aliphatic rings. The molecule has 0 radical (unpaired) electrons. The fraction of sp³-hybridized carbons (Fsp3) is 0.257. The van der Waals surface area contributed by atoms with Crippen LogP contribution in [0.2, 0.25) is 0 Å². The number of nitrogens with one attached hydrogen (secondary N) is 2. The summed E-state index contributed by atoms with van der Waals surface area (Å²) < 4.78 is 34.2. The number of fused-ring (bicyclic) bond motifs is 1. The zero-order chi connectivity index (χ0) is 33.8. The van der Waals surface area contributed by atoms with Gasteiger partial charge in [0.1, 0.15) is 16.5 Å². The number of likely N-dealkylation sites (N-methyl/N-ethyl adjacent to an activating group) is 1. The first-order chi connectivity index (χ1) is 23.3. The number of hydrogen-bond donors (Lipinski definition) is 2. The highest BCUT2D eigenvalue weighted by molar-refractivity contribution is 7.22. The van der Waals surface area contributed by atoms with Crippen LogP contribution >= 0.6 is 11.3 Å². The summed E-state index contributed by atoms with van der Waals surface area (Å²) in [6, 6.07) is 20.0. The Morgan fingerprint density at radius 2 is 1.69 bits per heavy atom. The summed E-state index contributed by atoms with van der Waals surface area (Å²) in [5, 5.41) is 14.9. The normalized spacial score (nSPS) is 12.2. The van der Waals surface area contributed by atoms with Crippen molar-refractivity contribution in [2.75, 3.05) is 32.1 Å². The summed E-state index contributed by atoms with van der Waals surface area (Å²) in [6.07, 6.45) is 3.43. The Labute approximate surface area is 279 Å². The maximum Gasteiger partial charge on any atom is 0.337 e. The van der Waals surface area contributed by atoms with Gasteiger partial charge in [-0.1, -0.05) is 48.5 Å². The van der Waals surface area contributed by atoms with Gasteiger partial charge in [-0.2, -0.15) is 0 Å². The molecule has 6 aromatic rings. The monoisotopic (exact) mass is 670 g/mol. The van der Waals surface area contributed by atoms with Crippen LogP contribution in [-0.2, 0) is 13.1 Å². The molecule has 0 amide bonds. The van der Waals surface area contributed by atoms with Gasteiger partial charge in [-0.15, -0.1) is 16.4 Å². The molecule has 6 rings (SSSR count). The number of nitrogens with zero attached hydrogens (tertiary/aromatic N) is 6. The van der Waals surface area contributed by atoms with E-state index in [1.807, 2.05) is 45.2 Å². The van der Waals surface area contributed by atoms with Crippen molar-refractivity contribution in [3.05, 3.63) is 129 Å². The second-order valence-electron chi connectivity index (χ2n) is 11.6. The summed E-state index contributed by atoms with van der Waals surface area (Å²) in [5.41, 5.74) is 1.40. The number of benzene rings is 3. The largest absolute Gasteiger partial charge is 0.372 e. The van der Waals surface area contributed by atoms with Crippen molar-refractivity contribution in [3.63, 3.8) is 0 Å². The van der Waals surface area contributed by atoms with Gasteiger partial charge in [0.15, 0.2) is 0 Å². The Kier molecular flexibility index (Phi) is 9.90. The summed E-state index contributed by atoms with van der Waals surface area (Å²) >= 11 is 1.27. The predicted molar refractivity (Wildman–Crippen MR) is 186 cm³/mol. The molecule has 0 aliphatic carbocycles. The Bertz CT molecular complexity index is 2110. The molecule has 13 heteroatoms. The van der Waals surface area contributed by atoms with Gasteiger partial charge in [-0.25, -0.2) is 22.8 Å². The first-order valence-corrected chi connectivity index (χ1v) is 16.5. The third kappa shape index (κ3) is 6.70. The highest BCUT2D eigenvalue weighted by Crippen LogP contribution is 2.38. The number of halogens is 2. The molecule has 0 saturated heterocycles. The second kappa shape index (κ2) is 14.4. The molecule has 0 bridgehead atoms. The van der Waals surface area contributed by atoms with Gasteiger partial charge < -0.3 is 10.6 Å². The van der Waals surface area contributed by atoms with Gasteiger partial charge in [0.25, 0.3) is 5.56 Å². The van der Waals surface area contributed by atoms with Crippen molar-refractivity contribution >= 4 is 27.2 Å². The molecule has 10 nitrogen and oxygen atoms in total. The average Bonchev–Trinajstić information content (AvgIpc) is 3.75. The van der Waals surface area contributed by atoms with Crippen molar-refractivity contribution < 1.29 is 8.78 Å². The molecule has 1 unspecified atom stereocenters. The van der Waals surface area contributed by atoms with E-state index >= 15 is 8.78 Å². The van der Waals surface area contributed by atoms with E-state index in [1.165, 1.54) is 22.0 Å². The summed E-state index contributed by atoms with van der Waals surface area (Å²) in [4.78, 5) is 31.9. The van der Waals surface area contributed by atoms with Crippen molar-refractivity contribution in [2.45, 2.75) is 33.0 Å². The van der Waals surface area contributed by atoms with Crippen LogP contribution in [0, 0.1) is 11.6 Å². The van der Waals surface area contributed by atoms with Gasteiger partial charge in [-0.3, -0.25) is 14.3 Å². The second-order valence-corrected chi connectivity index (χ2v) is 12.6. The standard InChI is InChI=1S/C35H36F2N8O2S/c1-4-38-22-39-25-15-13-24(14-16-25)32-28(20-42(3)19-23(2)44-18-17-40-41-44)31-33(46)45(26-9-6-5-7-10-26)35(47)43(34(31)48-32)21-27-29(36)11-8-12-30(27)37/h5-18,23,38-39H,4,19-22H2,1-3H3. The third-order valence-corrected chi connectivity index (χ3v) is 9.48. The number of hydrogen-bond acceptors (Lipinski definition) is 8. The van der Waals surface area contributed by atoms with Gasteiger partial charge in [-0.05, 0) is 68.0 Å². The maximum atomic E-state index is 15.0. The fourth-order valence-corrected chi connectivity index (χ4v) is 7.09. The van der Waals surface area contributed by atoms with Crippen LogP contribution in [0.3, 0.4) is 0 Å². The average molecular weight is 671 g/mol. The van der Waals surface area contributed by atoms with Crippen molar-refractivity contribution in [3.8, 4) is 16.1 Å². The first kappa shape index (κ1) is 32.9. The van der Waals surface area contributed by atoms with Gasteiger partial charge in [0.2, 0.25) is 0 Å². The molecule has 3 aromatic heterocycles. The lowest BCUT2D eigenvalue weighted by atomic mass is 10.1. The molecule has 3 heterocycles. The van der Waals surface area contributed by atoms with E-state index < -0.39 is 29.4 Å². The van der Waals surface area contributed by atoms with E-state index in [-0.39, 0.29) is 11.6 Å². The lowest BCUT2D eigenvalue weighted by Crippen LogP contribution is -2.39. The minimum Gasteiger partial charge on any atom is -0.372 e. The molecule has 48 heavy (non-hydrogen) atoms. The molecular formula is C35H36F2N8O2S. The van der Waals surface area contributed by atoms with Crippen molar-refractivity contribution in [1.29, 1.82) is 0 Å². The molecule has 2 N–H and O–H groups in total. The topological polar surface area (TPSA) is 102 Å². The SMILES string of the molecule is CCNCNc1ccc(-c2sc3c(c2CN(C)CC(C)n2ccnn2)c(=O)n(-c2ccccc2)c(=O)n3Cc2c(F)cccc2F)cc1. The number of para-hydroxylation sites is 1. The van der Waals surface area contributed by atoms with E-state index in [2.05, 4.69) is 25.8 Å². The zero-order valence-corrected chi connectivity index (χ0v) is 27.7. The molecule has 0 spiro atoms. The van der Waals surface area contributed by atoms with Crippen molar-refractivity contribution in [1.82, 2.24) is 34.3 Å². The van der Waals surface area contributed by atoms with Crippen molar-refractivity contribution in [2.24, 2.45) is 0 Å². The van der Waals surface area contributed by atoms with E-state index in [0.717, 1.165) is 39.4 Å². The summed E-state index contributed by atoms with van der Waals surface area (Å²) in [6.45, 7) is 6.04. The van der Waals surface area contributed by atoms with Crippen LogP contribution in [0.15, 0.2) is 94.8 Å². The molecular weight excluding hydrogens is 635 g/mol. The highest BCUT2D eigenvalue weighted by Gasteiger charge is 2.26. The first-order valence-electron chi connectivity index (χ1n) is 15.7. The van der Waals surface area contributed by atoms with Gasteiger partial charge in [0, 0.05) is 35.4 Å². The molecule has 0 fully saturated rings. The number of thiophene rings is 1. The zero-order valence-electron chi connectivity index (χ0n) is 26.9. The van der Waals surface area contributed by atoms with E-state index in [0.29, 0.717) is 41.2 Å². The van der Waals surface area contributed by atoms with Crippen LogP contribution in [0.25, 0.3) is 26.3 Å². The Balaban J connectivity index is 1.56. The van der Waals surface area contributed by atoms with Gasteiger partial charge >= 0.3 is 5.69 Å². The van der Waals surface area contributed by atoms with Crippen LogP contribution in [0.1, 0.15) is 31.0 Å². The Morgan fingerprint density at radius 3 is 2.35 bits per heavy atom. The quantitative estimate of drug-likeness (QED) is 0.124. The fourth-order valence-electron chi connectivity index (χ4n) is 5.79. The van der Waals surface area contributed by atoms with E-state index in [4.69, 9.17) is 0 Å². The maximum absolute atomic E-state index is 15.0. The number of aromatic nitrogens is 5. The smallest absolute Gasteiger partial charge is 0.337 e. The van der Waals surface area contributed by atoms with Crippen LogP contribution in [-0.4, -0.2) is 55.8 Å². The predicted octanol–water partition coefficient (Wildman–Crippen LogP) is 5.47. The highest BCUT2D eigenvalue weighted by atomic mass is 32.1. The third-order valence-electron chi connectivity index (χ3n) is 8.18. The van der Waals surface area contributed by atoms with E-state index in [9.17, 15) is 9.59 Å². The summed E-state index contributed by atoms with van der Waals surface area (Å²) in [5.74, 6) is -1.54. The summed E-state index contributed by atoms with van der Waals surface area (Å²) in [7, 11) is 1.95. The van der Waals surface area contributed by atoms with Crippen LogP contribution in [0.4, 0.5) is 14.5 Å². The van der Waals surface area contributed by atoms with Gasteiger partial charge in [0.05, 0.1) is 36.5 Å². The molecule has 0 saturated carbocycles. The molecule has 1 atom stereocenters. The minimum atomic E-state index is -0.771. The Morgan fingerprint density at radius 1 is 0.958 bits per heavy atom. The Hall–Kier alpha value is -4.98. The van der Waals surface area contributed by atoms with Crippen LogP contribution in [0.5, 0.6) is 0 Å². The lowest BCUT2D eigenvalue weighted by molar-refractivity contribution is 0.268. The number of anilines is 1. The number of rotatable bonds is 13. The lowest BCUT2D eigenvalue weighted by Gasteiger charge is -2.22. The molecule has 248 valence electrons. The van der Waals surface area contributed by atoms with Crippen LogP contribution < -0.4 is 21.9 Å². The van der Waals surface area contributed by atoms with E-state index in [1.54, 1.807) is 47.4 Å². The molecule has 3 aromatic carbocycles. The molecule has 0 aliphatic heterocycles.